The molecule has 0 unspecified atom stereocenters. The van der Waals surface area contributed by atoms with Crippen LogP contribution in [0.15, 0.2) is 109 Å². The second-order valence-electron chi connectivity index (χ2n) is 17.4. The molecule has 0 aliphatic carbocycles. The Labute approximate surface area is 417 Å². The van der Waals surface area contributed by atoms with Crippen LogP contribution in [0.3, 0.4) is 0 Å². The van der Waals surface area contributed by atoms with Crippen molar-refractivity contribution in [2.24, 2.45) is 0 Å². The first-order chi connectivity index (χ1) is 32.3. The number of thiophene rings is 6. The minimum Gasteiger partial charge on any atom is -0.256 e. The summed E-state index contributed by atoms with van der Waals surface area (Å²) in [5, 5.41) is 0. The molecule has 8 aromatic heterocycles. The molecule has 0 fully saturated rings. The normalized spacial score (nSPS) is 11.6. The molecule has 0 bridgehead atoms. The molecule has 0 amide bonds. The molecule has 8 heteroatoms. The summed E-state index contributed by atoms with van der Waals surface area (Å²) in [4.78, 5) is 26.9. The van der Waals surface area contributed by atoms with E-state index in [1.165, 1.54) is 121 Å². The van der Waals surface area contributed by atoms with Crippen molar-refractivity contribution in [2.45, 2.75) is 119 Å². The van der Waals surface area contributed by atoms with E-state index in [9.17, 15) is 0 Å². The molecule has 9 rings (SSSR count). The molecule has 66 heavy (non-hydrogen) atoms. The molecule has 2 nitrogen and oxygen atoms in total. The van der Waals surface area contributed by atoms with Crippen LogP contribution in [0.1, 0.15) is 111 Å². The van der Waals surface area contributed by atoms with Gasteiger partial charge in [-0.1, -0.05) is 71.6 Å². The van der Waals surface area contributed by atoms with Crippen LogP contribution in [0.25, 0.3) is 82.4 Å². The van der Waals surface area contributed by atoms with Gasteiger partial charge in [-0.25, -0.2) is 0 Å². The first-order valence-electron chi connectivity index (χ1n) is 24.0. The molecule has 0 N–H and O–H groups in total. The summed E-state index contributed by atoms with van der Waals surface area (Å²) >= 11 is 11.7. The van der Waals surface area contributed by atoms with Gasteiger partial charge in [0.05, 0.1) is 11.4 Å². The monoisotopic (exact) mass is 976 g/mol. The number of hydrogen-bond donors (Lipinski definition) is 0. The number of pyridine rings is 2. The van der Waals surface area contributed by atoms with E-state index in [0.717, 1.165) is 48.2 Å². The fourth-order valence-electron chi connectivity index (χ4n) is 8.87. The average Bonchev–Trinajstić information content (AvgIpc) is 4.22. The van der Waals surface area contributed by atoms with E-state index in [1.54, 1.807) is 22.3 Å². The number of hydrogen-bond acceptors (Lipinski definition) is 8. The van der Waals surface area contributed by atoms with Gasteiger partial charge in [0.15, 0.2) is 0 Å². The van der Waals surface area contributed by atoms with Crippen LogP contribution in [0, 0.1) is 13.8 Å². The third-order valence-electron chi connectivity index (χ3n) is 12.5. The Kier molecular flexibility index (Phi) is 15.4. The molecule has 0 atom stereocenters. The van der Waals surface area contributed by atoms with Crippen LogP contribution in [-0.2, 0) is 25.7 Å². The highest BCUT2D eigenvalue weighted by Gasteiger charge is 2.24. The van der Waals surface area contributed by atoms with E-state index in [4.69, 9.17) is 9.97 Å². The van der Waals surface area contributed by atoms with Crippen molar-refractivity contribution in [3.8, 4) is 82.4 Å². The molecule has 338 valence electrons. The summed E-state index contributed by atoms with van der Waals surface area (Å²) in [5.41, 5.74) is 12.8. The van der Waals surface area contributed by atoms with Crippen LogP contribution >= 0.6 is 68.0 Å². The van der Waals surface area contributed by atoms with Crippen molar-refractivity contribution in [3.63, 3.8) is 0 Å². The molecular weight excluding hydrogens is 917 g/mol. The number of benzene rings is 1. The smallest absolute Gasteiger partial charge is 0.0702 e. The number of aromatic nitrogens is 2. The Balaban J connectivity index is 0.933. The van der Waals surface area contributed by atoms with Gasteiger partial charge in [0.2, 0.25) is 0 Å². The zero-order valence-corrected chi connectivity index (χ0v) is 44.1. The maximum atomic E-state index is 5.03. The van der Waals surface area contributed by atoms with Gasteiger partial charge in [-0.15, -0.1) is 68.0 Å². The number of aryl methyl sites for hydroxylation is 2. The summed E-state index contributed by atoms with van der Waals surface area (Å²) in [6.07, 6.45) is 18.5. The second-order valence-corrected chi connectivity index (χ2v) is 24.2. The number of nitrogens with zero attached hydrogens (tertiary/aromatic N) is 2. The van der Waals surface area contributed by atoms with Crippen LogP contribution < -0.4 is 0 Å². The van der Waals surface area contributed by atoms with E-state index >= 15 is 0 Å². The lowest BCUT2D eigenvalue weighted by Gasteiger charge is -2.08. The maximum Gasteiger partial charge on any atom is 0.0702 e. The lowest BCUT2D eigenvalue weighted by molar-refractivity contribution is 0.764. The van der Waals surface area contributed by atoms with Crippen molar-refractivity contribution in [1.29, 1.82) is 0 Å². The third kappa shape index (κ3) is 10.3. The van der Waals surface area contributed by atoms with Crippen molar-refractivity contribution in [2.75, 3.05) is 0 Å². The van der Waals surface area contributed by atoms with Crippen molar-refractivity contribution in [3.05, 3.63) is 141 Å². The Morgan fingerprint density at radius 2 is 0.697 bits per heavy atom. The molecule has 0 spiro atoms. The lowest BCUT2D eigenvalue weighted by atomic mass is 9.97. The van der Waals surface area contributed by atoms with Gasteiger partial charge in [0.25, 0.3) is 0 Å². The van der Waals surface area contributed by atoms with Crippen LogP contribution in [-0.4, -0.2) is 9.97 Å². The summed E-state index contributed by atoms with van der Waals surface area (Å²) in [6.45, 7) is 13.7. The van der Waals surface area contributed by atoms with E-state index in [0.29, 0.717) is 0 Å². The Bertz CT molecular complexity index is 2800. The predicted octanol–water partition coefficient (Wildman–Crippen LogP) is 20.2. The van der Waals surface area contributed by atoms with Gasteiger partial charge in [-0.3, -0.25) is 9.97 Å². The molecule has 0 radical (unpaired) electrons. The first-order valence-corrected chi connectivity index (χ1v) is 28.9. The SMILES string of the molecule is CCCCc1c(-c2ccc(C)s2)sc(-c2ccc(-c3ccc(-c4cccc(-c5ccc(-c6ccc(-c7sc(-c8ccc(C)s8)c(CCCC)c7CCCC)s6)cn5)c4)nc3)s2)c1CCCC. The minimum absolute atomic E-state index is 0.971. The Morgan fingerprint density at radius 3 is 1.02 bits per heavy atom. The molecule has 0 aliphatic heterocycles. The van der Waals surface area contributed by atoms with E-state index in [-0.39, 0.29) is 0 Å². The summed E-state index contributed by atoms with van der Waals surface area (Å²) in [5.74, 6) is 0. The standard InChI is InChI=1S/C58H60N2S6/c1-7-11-18-43-45(20-13-9-3)57(65-55(43)51-28-22-37(5)61-51)53-32-30-49(63-53)41-24-26-47(59-35-41)39-16-15-17-40(34-39)48-27-25-42(36-60-48)50-31-33-54(64-50)58-46(21-14-10-4)44(19-12-8-2)56(66-58)52-29-23-38(6)62-52/h15-17,22-36H,7-14,18-21H2,1-6H3. The largest absolute Gasteiger partial charge is 0.256 e. The van der Waals surface area contributed by atoms with Crippen molar-refractivity contribution in [1.82, 2.24) is 9.97 Å². The minimum atomic E-state index is 0.971. The van der Waals surface area contributed by atoms with Crippen LogP contribution in [0.5, 0.6) is 0 Å². The summed E-state index contributed by atoms with van der Waals surface area (Å²) < 4.78 is 0. The fraction of sp³-hybridized carbons (Fsp3) is 0.310. The molecule has 0 saturated carbocycles. The lowest BCUT2D eigenvalue weighted by Crippen LogP contribution is -1.94. The zero-order chi connectivity index (χ0) is 45.6. The van der Waals surface area contributed by atoms with Crippen LogP contribution in [0.4, 0.5) is 0 Å². The first kappa shape index (κ1) is 46.8. The van der Waals surface area contributed by atoms with E-state index in [1.807, 2.05) is 68.0 Å². The molecular formula is C58H60N2S6. The summed E-state index contributed by atoms with van der Waals surface area (Å²) in [7, 11) is 0. The van der Waals surface area contributed by atoms with Crippen molar-refractivity contribution < 1.29 is 0 Å². The van der Waals surface area contributed by atoms with Gasteiger partial charge < -0.3 is 0 Å². The second kappa shape index (κ2) is 21.8. The van der Waals surface area contributed by atoms with Crippen LogP contribution in [0.2, 0.25) is 0 Å². The Hall–Kier alpha value is -4.28. The highest BCUT2D eigenvalue weighted by atomic mass is 32.1. The summed E-state index contributed by atoms with van der Waals surface area (Å²) in [6, 6.07) is 36.0. The topological polar surface area (TPSA) is 25.8 Å². The number of rotatable bonds is 20. The molecule has 1 aromatic carbocycles. The van der Waals surface area contributed by atoms with E-state index in [2.05, 4.69) is 151 Å². The van der Waals surface area contributed by atoms with Crippen molar-refractivity contribution >= 4 is 68.0 Å². The molecule has 0 saturated heterocycles. The number of unbranched alkanes of at least 4 members (excludes halogenated alkanes) is 4. The average molecular weight is 978 g/mol. The fourth-order valence-corrected chi connectivity index (χ4v) is 15.9. The predicted molar refractivity (Wildman–Crippen MR) is 297 cm³/mol. The van der Waals surface area contributed by atoms with Gasteiger partial charge in [-0.2, -0.15) is 0 Å². The van der Waals surface area contributed by atoms with Gasteiger partial charge >= 0.3 is 0 Å². The zero-order valence-electron chi connectivity index (χ0n) is 39.2. The van der Waals surface area contributed by atoms with Gasteiger partial charge in [0.1, 0.15) is 0 Å². The van der Waals surface area contributed by atoms with Gasteiger partial charge in [0, 0.05) is 93.2 Å². The molecule has 8 heterocycles. The highest BCUT2D eigenvalue weighted by molar-refractivity contribution is 7.28. The molecule has 0 aliphatic rings. The van der Waals surface area contributed by atoms with E-state index < -0.39 is 0 Å². The van der Waals surface area contributed by atoms with Gasteiger partial charge in [-0.05, 0) is 166 Å². The molecule has 9 aromatic rings. The quantitative estimate of drug-likeness (QED) is 0.0760. The maximum absolute atomic E-state index is 5.03. The Morgan fingerprint density at radius 1 is 0.348 bits per heavy atom. The highest BCUT2D eigenvalue weighted by Crippen LogP contribution is 2.50. The third-order valence-corrected chi connectivity index (χ3v) is 20.0.